The number of hydrogen-bond acceptors (Lipinski definition) is 4. The molecule has 0 aliphatic rings. The van der Waals surface area contributed by atoms with Gasteiger partial charge in [-0.15, -0.1) is 0 Å². The van der Waals surface area contributed by atoms with Crippen LogP contribution in [0.15, 0.2) is 66.9 Å². The number of fused-ring (bicyclic) bond motifs is 1. The highest BCUT2D eigenvalue weighted by atomic mass is 32.1. The number of aromatic nitrogens is 2. The van der Waals surface area contributed by atoms with E-state index in [0.717, 1.165) is 21.5 Å². The van der Waals surface area contributed by atoms with Crippen molar-refractivity contribution in [2.75, 3.05) is 4.90 Å². The first-order valence-corrected chi connectivity index (χ1v) is 9.27. The third-order valence-electron chi connectivity index (χ3n) is 4.22. The Hall–Kier alpha value is -3.12. The van der Waals surface area contributed by atoms with Crippen LogP contribution in [-0.4, -0.2) is 15.9 Å². The smallest absolute Gasteiger partial charge is 0.260 e. The van der Waals surface area contributed by atoms with Crippen LogP contribution >= 0.6 is 11.3 Å². The summed E-state index contributed by atoms with van der Waals surface area (Å²) in [5, 5.41) is 0.597. The Balaban J connectivity index is 1.78. The molecule has 2 aromatic carbocycles. The molecule has 1 amide bonds. The van der Waals surface area contributed by atoms with Crippen LogP contribution in [0.2, 0.25) is 0 Å². The van der Waals surface area contributed by atoms with Gasteiger partial charge in [-0.2, -0.15) is 0 Å². The topological polar surface area (TPSA) is 46.1 Å². The lowest BCUT2D eigenvalue weighted by Crippen LogP contribution is -2.30. The van der Waals surface area contributed by atoms with Crippen molar-refractivity contribution < 1.29 is 9.18 Å². The first-order chi connectivity index (χ1) is 13.1. The number of thiazole rings is 1. The van der Waals surface area contributed by atoms with Gasteiger partial charge in [-0.05, 0) is 55.0 Å². The molecule has 4 nitrogen and oxygen atoms in total. The van der Waals surface area contributed by atoms with Gasteiger partial charge in [0.15, 0.2) is 5.13 Å². The maximum Gasteiger partial charge on any atom is 0.260 e. The summed E-state index contributed by atoms with van der Waals surface area (Å²) in [5.41, 5.74) is 3.10. The summed E-state index contributed by atoms with van der Waals surface area (Å²) < 4.78 is 14.3. The number of para-hydroxylation sites is 1. The lowest BCUT2D eigenvalue weighted by Gasteiger charge is -2.19. The second-order valence-corrected chi connectivity index (χ2v) is 7.15. The minimum Gasteiger partial charge on any atom is -0.278 e. The molecule has 0 radical (unpaired) electrons. The largest absolute Gasteiger partial charge is 0.278 e. The van der Waals surface area contributed by atoms with E-state index in [-0.39, 0.29) is 18.3 Å². The molecule has 2 aromatic heterocycles. The average Bonchev–Trinajstić information content (AvgIpc) is 3.12. The van der Waals surface area contributed by atoms with E-state index in [4.69, 9.17) is 4.98 Å². The van der Waals surface area contributed by atoms with Crippen molar-refractivity contribution >= 4 is 32.6 Å². The number of hydrogen-bond donors (Lipinski definition) is 0. The standard InChI is InChI=1S/C21H16FN3OS/c1-14-5-4-7-18-19(14)24-21(27-18)25(13-17-6-2-3-12-23-17)20(26)15-8-10-16(22)11-9-15/h2-12H,13H2,1H3. The van der Waals surface area contributed by atoms with Crippen molar-refractivity contribution in [3.8, 4) is 0 Å². The quantitative estimate of drug-likeness (QED) is 0.504. The summed E-state index contributed by atoms with van der Waals surface area (Å²) in [6.45, 7) is 2.28. The minimum atomic E-state index is -0.376. The monoisotopic (exact) mass is 377 g/mol. The van der Waals surface area contributed by atoms with Crippen LogP contribution < -0.4 is 4.90 Å². The molecular weight excluding hydrogens is 361 g/mol. The van der Waals surface area contributed by atoms with Gasteiger partial charge in [0.05, 0.1) is 22.5 Å². The Bertz CT molecular complexity index is 1090. The van der Waals surface area contributed by atoms with Gasteiger partial charge in [0.2, 0.25) is 0 Å². The maximum absolute atomic E-state index is 13.3. The summed E-state index contributed by atoms with van der Waals surface area (Å²) in [5.74, 6) is -0.615. The van der Waals surface area contributed by atoms with Crippen molar-refractivity contribution in [2.24, 2.45) is 0 Å². The predicted octanol–water partition coefficient (Wildman–Crippen LogP) is 4.99. The number of carbonyl (C=O) groups excluding carboxylic acids is 1. The Morgan fingerprint density at radius 1 is 1.07 bits per heavy atom. The van der Waals surface area contributed by atoms with Crippen LogP contribution in [0.1, 0.15) is 21.6 Å². The summed E-state index contributed by atoms with van der Waals surface area (Å²) in [6.07, 6.45) is 1.69. The van der Waals surface area contributed by atoms with Crippen LogP contribution in [0.4, 0.5) is 9.52 Å². The zero-order valence-corrected chi connectivity index (χ0v) is 15.4. The van der Waals surface area contributed by atoms with E-state index in [1.807, 2.05) is 43.3 Å². The van der Waals surface area contributed by atoms with Gasteiger partial charge in [0.25, 0.3) is 5.91 Å². The molecule has 0 bridgehead atoms. The number of nitrogens with zero attached hydrogens (tertiary/aromatic N) is 3. The Labute approximate surface area is 159 Å². The van der Waals surface area contributed by atoms with Crippen molar-refractivity contribution in [1.82, 2.24) is 9.97 Å². The SMILES string of the molecule is Cc1cccc2sc(N(Cc3ccccn3)C(=O)c3ccc(F)cc3)nc12. The molecule has 0 saturated heterocycles. The highest BCUT2D eigenvalue weighted by Crippen LogP contribution is 2.32. The van der Waals surface area contributed by atoms with Gasteiger partial charge in [-0.1, -0.05) is 29.5 Å². The molecule has 0 atom stereocenters. The molecule has 4 aromatic rings. The molecule has 0 aliphatic heterocycles. The van der Waals surface area contributed by atoms with Gasteiger partial charge >= 0.3 is 0 Å². The first kappa shape index (κ1) is 17.3. The molecule has 0 spiro atoms. The van der Waals surface area contributed by atoms with E-state index in [1.165, 1.54) is 35.6 Å². The highest BCUT2D eigenvalue weighted by molar-refractivity contribution is 7.22. The number of rotatable bonds is 4. The molecular formula is C21H16FN3OS. The molecule has 0 unspecified atom stereocenters. The number of amides is 1. The van der Waals surface area contributed by atoms with Crippen LogP contribution in [0.3, 0.4) is 0 Å². The van der Waals surface area contributed by atoms with E-state index in [1.54, 1.807) is 11.1 Å². The highest BCUT2D eigenvalue weighted by Gasteiger charge is 2.22. The second-order valence-electron chi connectivity index (χ2n) is 6.14. The number of pyridine rings is 1. The Kier molecular flexibility index (Phi) is 4.64. The molecule has 2 heterocycles. The zero-order chi connectivity index (χ0) is 18.8. The summed E-state index contributed by atoms with van der Waals surface area (Å²) >= 11 is 1.46. The van der Waals surface area contributed by atoms with Gasteiger partial charge in [-0.3, -0.25) is 14.7 Å². The summed E-state index contributed by atoms with van der Waals surface area (Å²) in [6, 6.07) is 17.1. The van der Waals surface area contributed by atoms with Crippen LogP contribution in [0.25, 0.3) is 10.2 Å². The number of anilines is 1. The average molecular weight is 377 g/mol. The summed E-state index contributed by atoms with van der Waals surface area (Å²) in [7, 11) is 0. The molecule has 134 valence electrons. The lowest BCUT2D eigenvalue weighted by molar-refractivity contribution is 0.0985. The zero-order valence-electron chi connectivity index (χ0n) is 14.6. The molecule has 0 aliphatic carbocycles. The van der Waals surface area contributed by atoms with E-state index >= 15 is 0 Å². The van der Waals surface area contributed by atoms with E-state index < -0.39 is 0 Å². The van der Waals surface area contributed by atoms with Crippen LogP contribution in [-0.2, 0) is 6.54 Å². The van der Waals surface area contributed by atoms with Gasteiger partial charge in [0, 0.05) is 11.8 Å². The van der Waals surface area contributed by atoms with Crippen molar-refractivity contribution in [3.05, 3.63) is 89.5 Å². The molecule has 27 heavy (non-hydrogen) atoms. The fourth-order valence-electron chi connectivity index (χ4n) is 2.82. The first-order valence-electron chi connectivity index (χ1n) is 8.45. The van der Waals surface area contributed by atoms with E-state index in [0.29, 0.717) is 10.7 Å². The van der Waals surface area contributed by atoms with E-state index in [2.05, 4.69) is 4.98 Å². The predicted molar refractivity (Wildman–Crippen MR) is 106 cm³/mol. The van der Waals surface area contributed by atoms with Gasteiger partial charge < -0.3 is 0 Å². The number of carbonyl (C=O) groups is 1. The molecule has 0 saturated carbocycles. The molecule has 0 fully saturated rings. The molecule has 4 rings (SSSR count). The van der Waals surface area contributed by atoms with Crippen LogP contribution in [0, 0.1) is 12.7 Å². The Morgan fingerprint density at radius 2 is 1.89 bits per heavy atom. The van der Waals surface area contributed by atoms with Crippen molar-refractivity contribution in [2.45, 2.75) is 13.5 Å². The lowest BCUT2D eigenvalue weighted by atomic mass is 10.2. The second kappa shape index (κ2) is 7.25. The fraction of sp³-hybridized carbons (Fsp3) is 0.0952. The van der Waals surface area contributed by atoms with Crippen molar-refractivity contribution in [1.29, 1.82) is 0 Å². The summed E-state index contributed by atoms with van der Waals surface area (Å²) in [4.78, 5) is 23.8. The third-order valence-corrected chi connectivity index (χ3v) is 5.27. The number of benzene rings is 2. The molecule has 0 N–H and O–H groups in total. The van der Waals surface area contributed by atoms with Crippen LogP contribution in [0.5, 0.6) is 0 Å². The third kappa shape index (κ3) is 3.57. The number of halogens is 1. The molecule has 6 heteroatoms. The minimum absolute atomic E-state index is 0.239. The van der Waals surface area contributed by atoms with Gasteiger partial charge in [-0.25, -0.2) is 9.37 Å². The van der Waals surface area contributed by atoms with Gasteiger partial charge in [0.1, 0.15) is 5.82 Å². The normalized spacial score (nSPS) is 10.9. The van der Waals surface area contributed by atoms with Crippen molar-refractivity contribution in [3.63, 3.8) is 0 Å². The number of aryl methyl sites for hydroxylation is 1. The fourth-order valence-corrected chi connectivity index (χ4v) is 3.86. The Morgan fingerprint density at radius 3 is 2.59 bits per heavy atom. The maximum atomic E-state index is 13.3. The van der Waals surface area contributed by atoms with E-state index in [9.17, 15) is 9.18 Å².